The molecule has 0 spiro atoms. The lowest BCUT2D eigenvalue weighted by atomic mass is 10.1. The van der Waals surface area contributed by atoms with Crippen molar-refractivity contribution in [3.8, 4) is 0 Å². The van der Waals surface area contributed by atoms with Gasteiger partial charge in [0, 0.05) is 18.8 Å². The van der Waals surface area contributed by atoms with E-state index in [0.717, 1.165) is 6.42 Å². The molecule has 1 aromatic carbocycles. The van der Waals surface area contributed by atoms with Crippen LogP contribution < -0.4 is 16.6 Å². The molecule has 3 rings (SSSR count). The molecule has 0 aliphatic carbocycles. The topological polar surface area (TPSA) is 84.7 Å². The third kappa shape index (κ3) is 5.06. The maximum atomic E-state index is 13.1. The van der Waals surface area contributed by atoms with E-state index in [9.17, 15) is 35.9 Å². The zero-order chi connectivity index (χ0) is 24.6. The summed E-state index contributed by atoms with van der Waals surface area (Å²) in [6.07, 6.45) is -8.54. The Balaban J connectivity index is 2.05. The first-order valence-electron chi connectivity index (χ1n) is 10.1. The third-order valence-electron chi connectivity index (χ3n) is 5.05. The average Bonchev–Trinajstić information content (AvgIpc) is 3.09. The number of aromatic amines is 1. The quantitative estimate of drug-likeness (QED) is 0.496. The lowest BCUT2D eigenvalue weighted by molar-refractivity contribution is -0.143. The van der Waals surface area contributed by atoms with Crippen molar-refractivity contribution in [2.24, 2.45) is 0 Å². The van der Waals surface area contributed by atoms with Crippen LogP contribution in [0.2, 0.25) is 0 Å². The van der Waals surface area contributed by atoms with Crippen LogP contribution in [0.15, 0.2) is 27.8 Å². The zero-order valence-corrected chi connectivity index (χ0v) is 17.7. The lowest BCUT2D eigenvalue weighted by Gasteiger charge is -2.15. The summed E-state index contributed by atoms with van der Waals surface area (Å²) in [6.45, 7) is 3.86. The number of rotatable bonds is 7. The second kappa shape index (κ2) is 8.94. The van der Waals surface area contributed by atoms with Crippen LogP contribution >= 0.6 is 0 Å². The fraction of sp³-hybridized carbons (Fsp3) is 0.450. The molecule has 180 valence electrons. The number of hydrogen-bond acceptors (Lipinski definition) is 4. The summed E-state index contributed by atoms with van der Waals surface area (Å²) in [5, 5.41) is 2.54. The van der Waals surface area contributed by atoms with Gasteiger partial charge in [-0.3, -0.25) is 14.3 Å². The average molecular weight is 477 g/mol. The fourth-order valence-corrected chi connectivity index (χ4v) is 3.45. The maximum Gasteiger partial charge on any atom is 0.416 e. The summed E-state index contributed by atoms with van der Waals surface area (Å²) >= 11 is 0. The fourth-order valence-electron chi connectivity index (χ4n) is 3.45. The molecule has 2 heterocycles. The molecule has 13 heteroatoms. The molecular weight excluding hydrogens is 456 g/mol. The van der Waals surface area contributed by atoms with Crippen molar-refractivity contribution in [3.05, 3.63) is 56.0 Å². The summed E-state index contributed by atoms with van der Waals surface area (Å²) in [6, 6.07) is 1.18. The molecule has 0 aliphatic rings. The molecule has 0 amide bonds. The van der Waals surface area contributed by atoms with Crippen molar-refractivity contribution in [3.63, 3.8) is 0 Å². The maximum absolute atomic E-state index is 13.1. The highest BCUT2D eigenvalue weighted by molar-refractivity contribution is 5.71. The highest BCUT2D eigenvalue weighted by atomic mass is 19.4. The Morgan fingerprint density at radius 2 is 1.58 bits per heavy atom. The van der Waals surface area contributed by atoms with Crippen molar-refractivity contribution >= 4 is 16.9 Å². The van der Waals surface area contributed by atoms with Crippen molar-refractivity contribution < 1.29 is 26.3 Å². The van der Waals surface area contributed by atoms with Crippen LogP contribution in [-0.2, 0) is 32.0 Å². The standard InChI is InChI=1S/C20H21F6N5O2/c1-3-5-6-31-16-15(17(32)29-18(31)33)30(4-2)14(28-16)10-27-13-8-11(19(21,22)23)7-12(9-13)20(24,25)26/h7-9,27H,3-6,10H2,1-2H3,(H,29,32,33). The predicted molar refractivity (Wildman–Crippen MR) is 109 cm³/mol. The van der Waals surface area contributed by atoms with Gasteiger partial charge in [-0.1, -0.05) is 13.3 Å². The number of nitrogens with zero attached hydrogens (tertiary/aromatic N) is 3. The minimum absolute atomic E-state index is 0.0401. The Labute approximate surface area is 183 Å². The van der Waals surface area contributed by atoms with Gasteiger partial charge in [-0.15, -0.1) is 0 Å². The van der Waals surface area contributed by atoms with E-state index in [-0.39, 0.29) is 36.1 Å². The summed E-state index contributed by atoms with van der Waals surface area (Å²) in [5.74, 6) is 0.180. The van der Waals surface area contributed by atoms with Crippen LogP contribution in [0.5, 0.6) is 0 Å². The Hall–Kier alpha value is -3.25. The number of H-pyrrole nitrogens is 1. The molecule has 0 atom stereocenters. The smallest absolute Gasteiger partial charge is 0.378 e. The van der Waals surface area contributed by atoms with Gasteiger partial charge in [0.25, 0.3) is 5.56 Å². The van der Waals surface area contributed by atoms with Crippen molar-refractivity contribution in [2.75, 3.05) is 5.32 Å². The van der Waals surface area contributed by atoms with E-state index in [0.29, 0.717) is 25.1 Å². The van der Waals surface area contributed by atoms with Gasteiger partial charge in [0.15, 0.2) is 11.2 Å². The van der Waals surface area contributed by atoms with E-state index >= 15 is 0 Å². The Bertz CT molecular complexity index is 1240. The normalized spacial score (nSPS) is 12.5. The molecule has 7 nitrogen and oxygen atoms in total. The minimum Gasteiger partial charge on any atom is -0.378 e. The molecule has 33 heavy (non-hydrogen) atoms. The predicted octanol–water partition coefficient (Wildman–Crippen LogP) is 4.36. The van der Waals surface area contributed by atoms with Crippen LogP contribution in [-0.4, -0.2) is 19.1 Å². The van der Waals surface area contributed by atoms with Crippen molar-refractivity contribution in [2.45, 2.75) is 58.7 Å². The molecular formula is C20H21F6N5O2. The van der Waals surface area contributed by atoms with E-state index in [2.05, 4.69) is 15.3 Å². The number of unbranched alkanes of at least 4 members (excludes halogenated alkanes) is 1. The Morgan fingerprint density at radius 3 is 2.09 bits per heavy atom. The van der Waals surface area contributed by atoms with Crippen molar-refractivity contribution in [1.29, 1.82) is 0 Å². The van der Waals surface area contributed by atoms with E-state index < -0.39 is 40.4 Å². The van der Waals surface area contributed by atoms with Gasteiger partial charge in [-0.25, -0.2) is 9.78 Å². The zero-order valence-electron chi connectivity index (χ0n) is 17.7. The van der Waals surface area contributed by atoms with Crippen molar-refractivity contribution in [1.82, 2.24) is 19.1 Å². The molecule has 0 bridgehead atoms. The van der Waals surface area contributed by atoms with Gasteiger partial charge >= 0.3 is 18.0 Å². The summed E-state index contributed by atoms with van der Waals surface area (Å²) < 4.78 is 81.4. The first-order chi connectivity index (χ1) is 15.4. The van der Waals surface area contributed by atoms with Crippen LogP contribution in [0, 0.1) is 0 Å². The number of nitrogens with one attached hydrogen (secondary N) is 2. The number of anilines is 1. The number of fused-ring (bicyclic) bond motifs is 1. The molecule has 2 N–H and O–H groups in total. The number of hydrogen-bond donors (Lipinski definition) is 2. The van der Waals surface area contributed by atoms with Gasteiger partial charge in [0.05, 0.1) is 17.7 Å². The molecule has 0 saturated heterocycles. The SMILES string of the molecule is CCCCn1c(=O)[nH]c(=O)c2c1nc(CNc1cc(C(F)(F)F)cc(C(F)(F)F)c1)n2CC. The number of benzene rings is 1. The van der Waals surface area contributed by atoms with Gasteiger partial charge in [0.1, 0.15) is 5.82 Å². The monoisotopic (exact) mass is 477 g/mol. The first kappa shape index (κ1) is 24.4. The van der Waals surface area contributed by atoms with Gasteiger partial charge in [0.2, 0.25) is 0 Å². The largest absolute Gasteiger partial charge is 0.416 e. The highest BCUT2D eigenvalue weighted by Crippen LogP contribution is 2.37. The van der Waals surface area contributed by atoms with Gasteiger partial charge in [-0.05, 0) is 31.5 Å². The minimum atomic E-state index is -4.98. The van der Waals surface area contributed by atoms with E-state index in [1.54, 1.807) is 6.92 Å². The molecule has 0 saturated carbocycles. The highest BCUT2D eigenvalue weighted by Gasteiger charge is 2.37. The molecule has 3 aromatic rings. The van der Waals surface area contributed by atoms with Crippen LogP contribution in [0.25, 0.3) is 11.2 Å². The van der Waals surface area contributed by atoms with Gasteiger partial charge < -0.3 is 9.88 Å². The first-order valence-corrected chi connectivity index (χ1v) is 10.1. The number of aryl methyl sites for hydroxylation is 2. The molecule has 0 fully saturated rings. The van der Waals surface area contributed by atoms with E-state index in [4.69, 9.17) is 0 Å². The summed E-state index contributed by atoms with van der Waals surface area (Å²) in [7, 11) is 0. The number of aromatic nitrogens is 4. The Morgan fingerprint density at radius 1 is 0.970 bits per heavy atom. The van der Waals surface area contributed by atoms with Gasteiger partial charge in [-0.2, -0.15) is 26.3 Å². The van der Waals surface area contributed by atoms with Crippen LogP contribution in [0.1, 0.15) is 43.6 Å². The summed E-state index contributed by atoms with van der Waals surface area (Å²) in [4.78, 5) is 31.2. The van der Waals surface area contributed by atoms with Crippen LogP contribution in [0.3, 0.4) is 0 Å². The molecule has 0 aliphatic heterocycles. The number of halogens is 6. The molecule has 2 aromatic heterocycles. The number of alkyl halides is 6. The Kier molecular flexibility index (Phi) is 6.61. The van der Waals surface area contributed by atoms with Crippen LogP contribution in [0.4, 0.5) is 32.0 Å². The second-order valence-corrected chi connectivity index (χ2v) is 7.36. The summed E-state index contributed by atoms with van der Waals surface area (Å²) in [5.41, 5.74) is -4.43. The van der Waals surface area contributed by atoms with E-state index in [1.807, 2.05) is 6.92 Å². The number of imidazole rings is 1. The van der Waals surface area contributed by atoms with E-state index in [1.165, 1.54) is 9.13 Å². The second-order valence-electron chi connectivity index (χ2n) is 7.36. The third-order valence-corrected chi connectivity index (χ3v) is 5.05. The molecule has 0 unspecified atom stereocenters. The lowest BCUT2D eigenvalue weighted by Crippen LogP contribution is -2.31. The molecule has 0 radical (unpaired) electrons.